The molecular weight excluding hydrogens is 326 g/mol. The monoisotopic (exact) mass is 347 g/mol. The number of benzene rings is 1. The van der Waals surface area contributed by atoms with Crippen molar-refractivity contribution in [3.05, 3.63) is 38.7 Å². The Morgan fingerprint density at radius 3 is 2.48 bits per heavy atom. The average molecular weight is 348 g/mol. The molecule has 0 unspecified atom stereocenters. The van der Waals surface area contributed by atoms with Crippen LogP contribution in [0.3, 0.4) is 0 Å². The van der Waals surface area contributed by atoms with Gasteiger partial charge >= 0.3 is 0 Å². The standard InChI is InChI=1S/C17H21N3OS2/c1-12-8-4-5-9-13(12)20-15(18)14(23-17(20)22)16(21)19-10-6-2-3-7-11-19/h4-5,8-9H,2-3,6-7,10-11,18H2,1H3. The number of amides is 1. The maximum absolute atomic E-state index is 12.9. The molecule has 2 heterocycles. The molecule has 122 valence electrons. The van der Waals surface area contributed by atoms with Gasteiger partial charge in [-0.3, -0.25) is 9.36 Å². The number of aromatic nitrogens is 1. The molecule has 0 saturated carbocycles. The molecule has 6 heteroatoms. The van der Waals surface area contributed by atoms with Crippen molar-refractivity contribution < 1.29 is 4.79 Å². The van der Waals surface area contributed by atoms with Crippen molar-refractivity contribution >= 4 is 35.3 Å². The molecule has 1 saturated heterocycles. The number of carbonyl (C=O) groups excluding carboxylic acids is 1. The zero-order valence-corrected chi connectivity index (χ0v) is 14.9. The molecule has 4 nitrogen and oxygen atoms in total. The quantitative estimate of drug-likeness (QED) is 0.829. The van der Waals surface area contributed by atoms with Crippen LogP contribution in [-0.2, 0) is 0 Å². The summed E-state index contributed by atoms with van der Waals surface area (Å²) in [7, 11) is 0. The van der Waals surface area contributed by atoms with Gasteiger partial charge in [-0.05, 0) is 43.6 Å². The highest BCUT2D eigenvalue weighted by molar-refractivity contribution is 7.73. The van der Waals surface area contributed by atoms with Crippen molar-refractivity contribution in [1.29, 1.82) is 0 Å². The normalized spacial score (nSPS) is 15.4. The van der Waals surface area contributed by atoms with Crippen LogP contribution in [0.25, 0.3) is 5.69 Å². The molecule has 23 heavy (non-hydrogen) atoms. The van der Waals surface area contributed by atoms with E-state index in [9.17, 15) is 4.79 Å². The number of nitrogens with zero attached hydrogens (tertiary/aromatic N) is 2. The number of para-hydroxylation sites is 1. The minimum atomic E-state index is 0.0211. The van der Waals surface area contributed by atoms with E-state index in [1.165, 1.54) is 24.2 Å². The van der Waals surface area contributed by atoms with Crippen LogP contribution in [-0.4, -0.2) is 28.5 Å². The number of anilines is 1. The lowest BCUT2D eigenvalue weighted by Gasteiger charge is -2.19. The Hall–Kier alpha value is -1.66. The largest absolute Gasteiger partial charge is 0.383 e. The third-order valence-electron chi connectivity index (χ3n) is 4.29. The van der Waals surface area contributed by atoms with Crippen LogP contribution in [0, 0.1) is 10.9 Å². The average Bonchev–Trinajstić information content (AvgIpc) is 2.74. The number of nitrogen functional groups attached to an aromatic ring is 1. The maximum atomic E-state index is 12.9. The maximum Gasteiger partial charge on any atom is 0.267 e. The second-order valence-corrected chi connectivity index (χ2v) is 7.55. The summed E-state index contributed by atoms with van der Waals surface area (Å²) < 4.78 is 2.44. The van der Waals surface area contributed by atoms with Gasteiger partial charge in [0.25, 0.3) is 5.91 Å². The van der Waals surface area contributed by atoms with E-state index in [1.807, 2.05) is 40.7 Å². The van der Waals surface area contributed by atoms with Gasteiger partial charge in [-0.1, -0.05) is 42.4 Å². The van der Waals surface area contributed by atoms with Gasteiger partial charge in [-0.15, -0.1) is 0 Å². The Morgan fingerprint density at radius 1 is 1.17 bits per heavy atom. The van der Waals surface area contributed by atoms with Gasteiger partial charge in [-0.2, -0.15) is 0 Å². The molecule has 1 fully saturated rings. The lowest BCUT2D eigenvalue weighted by atomic mass is 10.2. The highest BCUT2D eigenvalue weighted by Crippen LogP contribution is 2.29. The number of carbonyl (C=O) groups is 1. The minimum Gasteiger partial charge on any atom is -0.383 e. The summed E-state index contributed by atoms with van der Waals surface area (Å²) in [6.45, 7) is 3.64. The SMILES string of the molecule is Cc1ccccc1-n1c(N)c(C(=O)N2CCCCCC2)sc1=S. The van der Waals surface area contributed by atoms with Crippen molar-refractivity contribution in [2.24, 2.45) is 0 Å². The first-order valence-electron chi connectivity index (χ1n) is 7.96. The first-order chi connectivity index (χ1) is 11.1. The van der Waals surface area contributed by atoms with E-state index in [0.717, 1.165) is 37.2 Å². The zero-order valence-electron chi connectivity index (χ0n) is 13.2. The van der Waals surface area contributed by atoms with Crippen molar-refractivity contribution in [2.45, 2.75) is 32.6 Å². The molecule has 1 amide bonds. The molecule has 1 aromatic carbocycles. The number of hydrogen-bond acceptors (Lipinski definition) is 4. The summed E-state index contributed by atoms with van der Waals surface area (Å²) in [5.41, 5.74) is 8.34. The molecule has 0 radical (unpaired) electrons. The van der Waals surface area contributed by atoms with E-state index >= 15 is 0 Å². The molecule has 1 aromatic heterocycles. The second kappa shape index (κ2) is 6.84. The number of aryl methyl sites for hydroxylation is 1. The van der Waals surface area contributed by atoms with E-state index in [4.69, 9.17) is 18.0 Å². The summed E-state index contributed by atoms with van der Waals surface area (Å²) in [5.74, 6) is 0.483. The van der Waals surface area contributed by atoms with Gasteiger partial charge in [0.15, 0.2) is 3.95 Å². The predicted molar refractivity (Wildman–Crippen MR) is 98.0 cm³/mol. The van der Waals surface area contributed by atoms with Crippen LogP contribution in [0.1, 0.15) is 40.9 Å². The first-order valence-corrected chi connectivity index (χ1v) is 9.18. The third-order valence-corrected chi connectivity index (χ3v) is 5.67. The molecule has 3 rings (SSSR count). The molecule has 0 aliphatic carbocycles. The molecule has 2 N–H and O–H groups in total. The Balaban J connectivity index is 1.99. The van der Waals surface area contributed by atoms with E-state index in [2.05, 4.69) is 0 Å². The van der Waals surface area contributed by atoms with Crippen molar-refractivity contribution in [3.8, 4) is 5.69 Å². The van der Waals surface area contributed by atoms with Crippen LogP contribution >= 0.6 is 23.6 Å². The third kappa shape index (κ3) is 3.19. The van der Waals surface area contributed by atoms with Crippen molar-refractivity contribution in [2.75, 3.05) is 18.8 Å². The van der Waals surface area contributed by atoms with Crippen LogP contribution < -0.4 is 5.73 Å². The smallest absolute Gasteiger partial charge is 0.267 e. The van der Waals surface area contributed by atoms with Gasteiger partial charge in [0.05, 0.1) is 5.69 Å². The molecule has 0 atom stereocenters. The van der Waals surface area contributed by atoms with Gasteiger partial charge < -0.3 is 10.6 Å². The van der Waals surface area contributed by atoms with E-state index < -0.39 is 0 Å². The zero-order chi connectivity index (χ0) is 16.4. The van der Waals surface area contributed by atoms with Crippen molar-refractivity contribution in [3.63, 3.8) is 0 Å². The summed E-state index contributed by atoms with van der Waals surface area (Å²) in [5, 5.41) is 0. The summed E-state index contributed by atoms with van der Waals surface area (Å²) in [6.07, 6.45) is 4.52. The predicted octanol–water partition coefficient (Wildman–Crippen LogP) is 4.18. The van der Waals surface area contributed by atoms with Crippen LogP contribution in [0.15, 0.2) is 24.3 Å². The minimum absolute atomic E-state index is 0.0211. The Morgan fingerprint density at radius 2 is 1.83 bits per heavy atom. The Kier molecular flexibility index (Phi) is 4.82. The fraction of sp³-hybridized carbons (Fsp3) is 0.412. The fourth-order valence-electron chi connectivity index (χ4n) is 3.00. The molecule has 1 aliphatic rings. The molecular formula is C17H21N3OS2. The summed E-state index contributed by atoms with van der Waals surface area (Å²) >= 11 is 6.79. The topological polar surface area (TPSA) is 51.3 Å². The van der Waals surface area contributed by atoms with Gasteiger partial charge in [0.2, 0.25) is 0 Å². The van der Waals surface area contributed by atoms with Gasteiger partial charge in [-0.25, -0.2) is 0 Å². The van der Waals surface area contributed by atoms with Crippen LogP contribution in [0.4, 0.5) is 5.82 Å². The highest BCUT2D eigenvalue weighted by Gasteiger charge is 2.24. The first kappa shape index (κ1) is 16.2. The van der Waals surface area contributed by atoms with Crippen LogP contribution in [0.2, 0.25) is 0 Å². The van der Waals surface area contributed by atoms with Gasteiger partial charge in [0.1, 0.15) is 10.7 Å². The number of nitrogens with two attached hydrogens (primary N) is 1. The molecule has 0 spiro atoms. The summed E-state index contributed by atoms with van der Waals surface area (Å²) in [6, 6.07) is 7.94. The number of thiazole rings is 1. The highest BCUT2D eigenvalue weighted by atomic mass is 32.1. The summed E-state index contributed by atoms with van der Waals surface area (Å²) in [4.78, 5) is 15.3. The molecule has 2 aromatic rings. The van der Waals surface area contributed by atoms with Crippen LogP contribution in [0.5, 0.6) is 0 Å². The Labute approximate surface area is 145 Å². The second-order valence-electron chi connectivity index (χ2n) is 5.91. The van der Waals surface area contributed by atoms with E-state index in [0.29, 0.717) is 14.6 Å². The molecule has 0 bridgehead atoms. The van der Waals surface area contributed by atoms with Crippen molar-refractivity contribution in [1.82, 2.24) is 9.47 Å². The number of hydrogen-bond donors (Lipinski definition) is 1. The molecule has 1 aliphatic heterocycles. The fourth-order valence-corrected chi connectivity index (χ4v) is 4.32. The van der Waals surface area contributed by atoms with Gasteiger partial charge in [0, 0.05) is 13.1 Å². The number of likely N-dealkylation sites (tertiary alicyclic amines) is 1. The Bertz CT molecular complexity index is 770. The lowest BCUT2D eigenvalue weighted by Crippen LogP contribution is -2.31. The van der Waals surface area contributed by atoms with E-state index in [-0.39, 0.29) is 5.91 Å². The lowest BCUT2D eigenvalue weighted by molar-refractivity contribution is 0.0767. The number of rotatable bonds is 2. The van der Waals surface area contributed by atoms with E-state index in [1.54, 1.807) is 0 Å².